The van der Waals surface area contributed by atoms with Crippen LogP contribution in [-0.2, 0) is 14.8 Å². The molecule has 0 aromatic heterocycles. The number of ether oxygens (including phenoxy) is 1. The number of hydrogen-bond acceptors (Lipinski definition) is 5. The molecule has 25 heavy (non-hydrogen) atoms. The van der Waals surface area contributed by atoms with Crippen LogP contribution in [0.5, 0.6) is 5.75 Å². The highest BCUT2D eigenvalue weighted by Gasteiger charge is 2.38. The molecule has 3 rings (SSSR count). The first-order valence-corrected chi connectivity index (χ1v) is 8.84. The van der Waals surface area contributed by atoms with Crippen LogP contribution >= 0.6 is 0 Å². The van der Waals surface area contributed by atoms with Gasteiger partial charge in [-0.1, -0.05) is 31.2 Å². The van der Waals surface area contributed by atoms with Crippen molar-refractivity contribution >= 4 is 15.9 Å². The molecule has 0 radical (unpaired) electrons. The van der Waals surface area contributed by atoms with Crippen molar-refractivity contribution in [2.24, 2.45) is 0 Å². The van der Waals surface area contributed by atoms with Gasteiger partial charge in [-0.3, -0.25) is 4.79 Å². The molecule has 2 aromatic rings. The number of para-hydroxylation sites is 1. The number of carbonyl (C=O) groups excluding carboxylic acids is 1. The van der Waals surface area contributed by atoms with Gasteiger partial charge in [0.1, 0.15) is 28.1 Å². The van der Waals surface area contributed by atoms with E-state index in [1.54, 1.807) is 31.2 Å². The van der Waals surface area contributed by atoms with E-state index >= 15 is 0 Å². The maximum atomic E-state index is 13.6. The molecule has 1 N–H and O–H groups in total. The van der Waals surface area contributed by atoms with Crippen LogP contribution in [0.3, 0.4) is 0 Å². The lowest BCUT2D eigenvalue weighted by Gasteiger charge is -2.16. The zero-order valence-corrected chi connectivity index (χ0v) is 13.9. The Labute approximate surface area is 143 Å². The van der Waals surface area contributed by atoms with Crippen LogP contribution in [0.15, 0.2) is 47.4 Å². The molecule has 128 valence electrons. The minimum atomic E-state index is -4.41. The summed E-state index contributed by atoms with van der Waals surface area (Å²) in [4.78, 5) is 11.8. The summed E-state index contributed by atoms with van der Waals surface area (Å²) in [5.41, 5.74) is 0.148. The van der Waals surface area contributed by atoms with Crippen LogP contribution in [0.2, 0.25) is 0 Å². The number of nitrogens with zero attached hydrogens (tertiary/aromatic N) is 1. The van der Waals surface area contributed by atoms with Crippen molar-refractivity contribution in [1.82, 2.24) is 4.72 Å². The van der Waals surface area contributed by atoms with Crippen molar-refractivity contribution in [1.29, 1.82) is 5.26 Å². The molecule has 0 saturated carbocycles. The van der Waals surface area contributed by atoms with E-state index in [0.29, 0.717) is 5.75 Å². The monoisotopic (exact) mass is 360 g/mol. The zero-order chi connectivity index (χ0) is 18.2. The molecule has 0 spiro atoms. The number of amides is 1. The number of benzene rings is 2. The third-order valence-electron chi connectivity index (χ3n) is 3.99. The third-order valence-corrected chi connectivity index (χ3v) is 5.38. The summed E-state index contributed by atoms with van der Waals surface area (Å²) in [5.74, 6) is -1.70. The number of nitriles is 1. The molecule has 1 aliphatic rings. The van der Waals surface area contributed by atoms with Crippen LogP contribution in [-0.4, -0.2) is 20.4 Å². The van der Waals surface area contributed by atoms with Crippen molar-refractivity contribution in [3.8, 4) is 11.8 Å². The summed E-state index contributed by atoms with van der Waals surface area (Å²) < 4.78 is 45.8. The molecule has 0 bridgehead atoms. The first-order valence-electron chi connectivity index (χ1n) is 7.36. The van der Waals surface area contributed by atoms with Crippen molar-refractivity contribution in [2.45, 2.75) is 23.8 Å². The Morgan fingerprint density at radius 3 is 2.64 bits per heavy atom. The van der Waals surface area contributed by atoms with Gasteiger partial charge in [0.15, 0.2) is 6.10 Å². The number of nitrogens with one attached hydrogen (secondary N) is 1. The maximum absolute atomic E-state index is 13.6. The number of halogens is 1. The van der Waals surface area contributed by atoms with Gasteiger partial charge < -0.3 is 4.74 Å². The summed E-state index contributed by atoms with van der Waals surface area (Å²) >= 11 is 0. The summed E-state index contributed by atoms with van der Waals surface area (Å²) in [6.07, 6.45) is -1.04. The average molecular weight is 360 g/mol. The van der Waals surface area contributed by atoms with Crippen molar-refractivity contribution in [2.75, 3.05) is 0 Å². The van der Waals surface area contributed by atoms with Crippen LogP contribution in [0.25, 0.3) is 0 Å². The topological polar surface area (TPSA) is 96.3 Å². The lowest BCUT2D eigenvalue weighted by molar-refractivity contribution is -0.126. The molecule has 0 fully saturated rings. The number of sulfonamides is 1. The van der Waals surface area contributed by atoms with Gasteiger partial charge in [-0.15, -0.1) is 0 Å². The van der Waals surface area contributed by atoms with Gasteiger partial charge in [-0.2, -0.15) is 5.26 Å². The maximum Gasteiger partial charge on any atom is 0.275 e. The molecule has 0 aliphatic carbocycles. The van der Waals surface area contributed by atoms with E-state index in [1.165, 1.54) is 6.07 Å². The van der Waals surface area contributed by atoms with Crippen LogP contribution < -0.4 is 9.46 Å². The smallest absolute Gasteiger partial charge is 0.275 e. The zero-order valence-electron chi connectivity index (χ0n) is 13.1. The van der Waals surface area contributed by atoms with E-state index in [1.807, 2.05) is 4.72 Å². The van der Waals surface area contributed by atoms with Gasteiger partial charge in [0.25, 0.3) is 15.9 Å². The first-order chi connectivity index (χ1) is 11.8. The van der Waals surface area contributed by atoms with E-state index in [2.05, 4.69) is 0 Å². The van der Waals surface area contributed by atoms with Crippen LogP contribution in [0.4, 0.5) is 4.39 Å². The molecule has 0 unspecified atom stereocenters. The Morgan fingerprint density at radius 1 is 1.24 bits per heavy atom. The van der Waals surface area contributed by atoms with Crippen molar-refractivity contribution < 1.29 is 22.3 Å². The van der Waals surface area contributed by atoms with E-state index in [4.69, 9.17) is 10.00 Å². The summed E-state index contributed by atoms with van der Waals surface area (Å²) in [5, 5.41) is 8.98. The lowest BCUT2D eigenvalue weighted by Crippen LogP contribution is -2.42. The largest absolute Gasteiger partial charge is 0.480 e. The predicted molar refractivity (Wildman–Crippen MR) is 85.7 cm³/mol. The molecular formula is C17H13FN2O4S. The van der Waals surface area contributed by atoms with Gasteiger partial charge in [-0.25, -0.2) is 17.5 Å². The fourth-order valence-corrected chi connectivity index (χ4v) is 3.89. The molecule has 2 atom stereocenters. The number of hydrogen-bond donors (Lipinski definition) is 1. The Morgan fingerprint density at radius 2 is 1.96 bits per heavy atom. The van der Waals surface area contributed by atoms with E-state index in [9.17, 15) is 17.6 Å². The van der Waals surface area contributed by atoms with E-state index in [-0.39, 0.29) is 5.92 Å². The van der Waals surface area contributed by atoms with Crippen LogP contribution in [0, 0.1) is 17.1 Å². The second-order valence-corrected chi connectivity index (χ2v) is 7.21. The molecule has 1 aliphatic heterocycles. The van der Waals surface area contributed by atoms with Gasteiger partial charge in [0.2, 0.25) is 0 Å². The fourth-order valence-electron chi connectivity index (χ4n) is 2.73. The second kappa shape index (κ2) is 6.18. The molecule has 8 heteroatoms. The highest BCUT2D eigenvalue weighted by molar-refractivity contribution is 7.90. The molecule has 1 heterocycles. The summed E-state index contributed by atoms with van der Waals surface area (Å²) in [7, 11) is -4.41. The first kappa shape index (κ1) is 16.9. The molecule has 1 amide bonds. The predicted octanol–water partition coefficient (Wildman–Crippen LogP) is 2.07. The fraction of sp³-hybridized carbons (Fsp3) is 0.176. The highest BCUT2D eigenvalue weighted by atomic mass is 32.2. The number of fused-ring (bicyclic) bond motifs is 1. The second-order valence-electron chi connectivity index (χ2n) is 5.56. The van der Waals surface area contributed by atoms with Gasteiger partial charge in [0, 0.05) is 11.5 Å². The quantitative estimate of drug-likeness (QED) is 0.904. The van der Waals surface area contributed by atoms with Gasteiger partial charge in [0.05, 0.1) is 0 Å². The Hall–Kier alpha value is -2.92. The minimum Gasteiger partial charge on any atom is -0.480 e. The summed E-state index contributed by atoms with van der Waals surface area (Å²) in [6, 6.07) is 11.7. The highest BCUT2D eigenvalue weighted by Crippen LogP contribution is 2.37. The normalized spacial score (nSPS) is 18.8. The third kappa shape index (κ3) is 2.94. The molecule has 2 aromatic carbocycles. The van der Waals surface area contributed by atoms with Crippen molar-refractivity contribution in [3.05, 3.63) is 59.4 Å². The van der Waals surface area contributed by atoms with E-state index in [0.717, 1.165) is 23.8 Å². The number of rotatable bonds is 3. The lowest BCUT2D eigenvalue weighted by atomic mass is 9.97. The Kier molecular flexibility index (Phi) is 4.18. The van der Waals surface area contributed by atoms with Gasteiger partial charge >= 0.3 is 0 Å². The molecule has 6 nitrogen and oxygen atoms in total. The Bertz CT molecular complexity index is 998. The minimum absolute atomic E-state index is 0.352. The summed E-state index contributed by atoms with van der Waals surface area (Å²) in [6.45, 7) is 1.74. The number of carbonyl (C=O) groups is 1. The Balaban J connectivity index is 1.87. The SMILES string of the molecule is C[C@@H]1c2ccccc2O[C@H]1C(=O)NS(=O)(=O)c1cccc(F)c1C#N. The van der Waals surface area contributed by atoms with Crippen LogP contribution in [0.1, 0.15) is 24.0 Å². The molecule has 0 saturated heterocycles. The van der Waals surface area contributed by atoms with E-state index < -0.39 is 38.3 Å². The average Bonchev–Trinajstić information content (AvgIpc) is 2.92. The van der Waals surface area contributed by atoms with Gasteiger partial charge in [-0.05, 0) is 18.2 Å². The molecular weight excluding hydrogens is 347 g/mol. The van der Waals surface area contributed by atoms with Crippen molar-refractivity contribution in [3.63, 3.8) is 0 Å². The standard InChI is InChI=1S/C17H13FN2O4S/c1-10-11-5-2-3-7-14(11)24-16(10)17(21)20-25(22,23)15-8-4-6-13(18)12(15)9-19/h2-8,10,16H,1H3,(H,20,21)/t10-,16-/m1/s1.